The lowest BCUT2D eigenvalue weighted by Crippen LogP contribution is -2.42. The standard InChI is InChI=1S/C17H27N3O2/c1-17(2,3)22-16(21)19-12-14-5-4-6-15(11-14)13-20-9-7-18-8-10-20/h4-6,11,18H,7-10,12-13H2,1-3H3,(H,19,21). The number of carbonyl (C=O) groups is 1. The van der Waals surface area contributed by atoms with Crippen molar-refractivity contribution in [2.45, 2.75) is 39.5 Å². The SMILES string of the molecule is CC(C)(C)OC(=O)NCc1cccc(CN2CCNCC2)c1. The Labute approximate surface area is 133 Å². The molecule has 0 spiro atoms. The van der Waals surface area contributed by atoms with Gasteiger partial charge in [0, 0.05) is 39.3 Å². The van der Waals surface area contributed by atoms with Crippen LogP contribution in [0.25, 0.3) is 0 Å². The molecule has 1 amide bonds. The molecule has 0 aliphatic carbocycles. The third kappa shape index (κ3) is 6.03. The molecule has 5 heteroatoms. The summed E-state index contributed by atoms with van der Waals surface area (Å²) in [6.45, 7) is 11.3. The van der Waals surface area contributed by atoms with Crippen molar-refractivity contribution in [2.24, 2.45) is 0 Å². The van der Waals surface area contributed by atoms with E-state index >= 15 is 0 Å². The molecule has 0 atom stereocenters. The van der Waals surface area contributed by atoms with Crippen LogP contribution >= 0.6 is 0 Å². The smallest absolute Gasteiger partial charge is 0.407 e. The molecule has 5 nitrogen and oxygen atoms in total. The number of rotatable bonds is 4. The number of carbonyl (C=O) groups excluding carboxylic acids is 1. The molecule has 1 aliphatic heterocycles. The number of alkyl carbamates (subject to hydrolysis) is 1. The molecule has 2 rings (SSSR count). The second kappa shape index (κ2) is 7.61. The third-order valence-corrected chi connectivity index (χ3v) is 3.44. The van der Waals surface area contributed by atoms with Crippen LogP contribution in [0.15, 0.2) is 24.3 Å². The van der Waals surface area contributed by atoms with Crippen LogP contribution in [0.1, 0.15) is 31.9 Å². The molecule has 0 aromatic heterocycles. The van der Waals surface area contributed by atoms with Gasteiger partial charge in [-0.3, -0.25) is 4.90 Å². The van der Waals surface area contributed by atoms with E-state index in [1.807, 2.05) is 32.9 Å². The minimum Gasteiger partial charge on any atom is -0.444 e. The van der Waals surface area contributed by atoms with Crippen molar-refractivity contribution in [3.05, 3.63) is 35.4 Å². The van der Waals surface area contributed by atoms with Gasteiger partial charge in [0.15, 0.2) is 0 Å². The van der Waals surface area contributed by atoms with E-state index in [-0.39, 0.29) is 6.09 Å². The number of hydrogen-bond acceptors (Lipinski definition) is 4. The monoisotopic (exact) mass is 305 g/mol. The summed E-state index contributed by atoms with van der Waals surface area (Å²) in [5, 5.41) is 6.16. The van der Waals surface area contributed by atoms with Gasteiger partial charge in [0.25, 0.3) is 0 Å². The zero-order chi connectivity index (χ0) is 16.0. The van der Waals surface area contributed by atoms with E-state index < -0.39 is 5.60 Å². The van der Waals surface area contributed by atoms with Crippen LogP contribution in [0.2, 0.25) is 0 Å². The highest BCUT2D eigenvalue weighted by molar-refractivity contribution is 5.67. The van der Waals surface area contributed by atoms with E-state index in [2.05, 4.69) is 27.7 Å². The summed E-state index contributed by atoms with van der Waals surface area (Å²) in [4.78, 5) is 14.1. The van der Waals surface area contributed by atoms with Crippen LogP contribution in [-0.4, -0.2) is 42.8 Å². The molecular formula is C17H27N3O2. The quantitative estimate of drug-likeness (QED) is 0.894. The predicted octanol–water partition coefficient (Wildman–Crippen LogP) is 2.12. The zero-order valence-corrected chi connectivity index (χ0v) is 13.8. The van der Waals surface area contributed by atoms with E-state index in [0.29, 0.717) is 6.54 Å². The Bertz CT molecular complexity index is 491. The van der Waals surface area contributed by atoms with Crippen molar-refractivity contribution in [2.75, 3.05) is 26.2 Å². The van der Waals surface area contributed by atoms with Crippen LogP contribution in [0, 0.1) is 0 Å². The summed E-state index contributed by atoms with van der Waals surface area (Å²) in [6, 6.07) is 8.36. The Morgan fingerprint density at radius 1 is 1.27 bits per heavy atom. The van der Waals surface area contributed by atoms with Crippen LogP contribution in [0.3, 0.4) is 0 Å². The van der Waals surface area contributed by atoms with Gasteiger partial charge in [-0.2, -0.15) is 0 Å². The first kappa shape index (κ1) is 16.8. The highest BCUT2D eigenvalue weighted by atomic mass is 16.6. The minimum absolute atomic E-state index is 0.375. The number of amides is 1. The van der Waals surface area contributed by atoms with E-state index in [1.165, 1.54) is 5.56 Å². The van der Waals surface area contributed by atoms with Crippen LogP contribution < -0.4 is 10.6 Å². The van der Waals surface area contributed by atoms with Crippen molar-refractivity contribution in [1.29, 1.82) is 0 Å². The number of piperazine rings is 1. The molecule has 1 saturated heterocycles. The van der Waals surface area contributed by atoms with Gasteiger partial charge < -0.3 is 15.4 Å². The van der Waals surface area contributed by atoms with Gasteiger partial charge in [-0.1, -0.05) is 24.3 Å². The normalized spacial score (nSPS) is 16.3. The van der Waals surface area contributed by atoms with Crippen molar-refractivity contribution in [1.82, 2.24) is 15.5 Å². The van der Waals surface area contributed by atoms with Crippen LogP contribution in [0.5, 0.6) is 0 Å². The molecule has 1 heterocycles. The fraction of sp³-hybridized carbons (Fsp3) is 0.588. The molecule has 0 radical (unpaired) electrons. The van der Waals surface area contributed by atoms with Crippen molar-refractivity contribution in [3.8, 4) is 0 Å². The Hall–Kier alpha value is -1.59. The van der Waals surface area contributed by atoms with Gasteiger partial charge in [0.1, 0.15) is 5.60 Å². The molecule has 1 aromatic rings. The van der Waals surface area contributed by atoms with Crippen molar-refractivity contribution >= 4 is 6.09 Å². The Morgan fingerprint density at radius 3 is 2.64 bits per heavy atom. The lowest BCUT2D eigenvalue weighted by atomic mass is 10.1. The maximum atomic E-state index is 11.7. The number of ether oxygens (including phenoxy) is 1. The molecule has 0 bridgehead atoms. The largest absolute Gasteiger partial charge is 0.444 e. The van der Waals surface area contributed by atoms with E-state index in [1.54, 1.807) is 0 Å². The summed E-state index contributed by atoms with van der Waals surface area (Å²) in [6.07, 6.45) is -0.375. The molecule has 2 N–H and O–H groups in total. The van der Waals surface area contributed by atoms with Crippen molar-refractivity contribution in [3.63, 3.8) is 0 Å². The van der Waals surface area contributed by atoms with Gasteiger partial charge in [0.05, 0.1) is 0 Å². The Morgan fingerprint density at radius 2 is 1.95 bits per heavy atom. The van der Waals surface area contributed by atoms with Crippen LogP contribution in [-0.2, 0) is 17.8 Å². The maximum Gasteiger partial charge on any atom is 0.407 e. The third-order valence-electron chi connectivity index (χ3n) is 3.44. The maximum absolute atomic E-state index is 11.7. The van der Waals surface area contributed by atoms with Gasteiger partial charge in [-0.25, -0.2) is 4.79 Å². The van der Waals surface area contributed by atoms with Gasteiger partial charge in [-0.15, -0.1) is 0 Å². The minimum atomic E-state index is -0.464. The number of nitrogens with one attached hydrogen (secondary N) is 2. The summed E-state index contributed by atoms with van der Waals surface area (Å²) in [7, 11) is 0. The predicted molar refractivity (Wildman–Crippen MR) is 87.7 cm³/mol. The first-order valence-corrected chi connectivity index (χ1v) is 7.90. The molecule has 0 saturated carbocycles. The van der Waals surface area contributed by atoms with Crippen molar-refractivity contribution < 1.29 is 9.53 Å². The molecule has 1 aromatic carbocycles. The molecule has 1 aliphatic rings. The molecule has 122 valence electrons. The van der Waals surface area contributed by atoms with Gasteiger partial charge >= 0.3 is 6.09 Å². The number of hydrogen-bond donors (Lipinski definition) is 2. The summed E-state index contributed by atoms with van der Waals surface area (Å²) in [5.74, 6) is 0. The number of benzene rings is 1. The summed E-state index contributed by atoms with van der Waals surface area (Å²) >= 11 is 0. The first-order valence-electron chi connectivity index (χ1n) is 7.90. The lowest BCUT2D eigenvalue weighted by Gasteiger charge is -2.27. The van der Waals surface area contributed by atoms with Gasteiger partial charge in [-0.05, 0) is 31.9 Å². The molecule has 1 fully saturated rings. The fourth-order valence-electron chi connectivity index (χ4n) is 2.45. The highest BCUT2D eigenvalue weighted by Gasteiger charge is 2.15. The fourth-order valence-corrected chi connectivity index (χ4v) is 2.45. The van der Waals surface area contributed by atoms with Gasteiger partial charge in [0.2, 0.25) is 0 Å². The molecule has 22 heavy (non-hydrogen) atoms. The Kier molecular flexibility index (Phi) is 5.80. The summed E-state index contributed by atoms with van der Waals surface area (Å²) < 4.78 is 5.25. The zero-order valence-electron chi connectivity index (χ0n) is 13.8. The van der Waals surface area contributed by atoms with E-state index in [4.69, 9.17) is 4.74 Å². The second-order valence-corrected chi connectivity index (χ2v) is 6.70. The summed E-state index contributed by atoms with van der Waals surface area (Å²) in [5.41, 5.74) is 1.91. The lowest BCUT2D eigenvalue weighted by molar-refractivity contribution is 0.0523. The van der Waals surface area contributed by atoms with E-state index in [0.717, 1.165) is 38.3 Å². The highest BCUT2D eigenvalue weighted by Crippen LogP contribution is 2.10. The second-order valence-electron chi connectivity index (χ2n) is 6.70. The average Bonchev–Trinajstić information content (AvgIpc) is 2.45. The molecule has 0 unspecified atom stereocenters. The van der Waals surface area contributed by atoms with Crippen LogP contribution in [0.4, 0.5) is 4.79 Å². The topological polar surface area (TPSA) is 53.6 Å². The number of nitrogens with zero attached hydrogens (tertiary/aromatic N) is 1. The average molecular weight is 305 g/mol. The first-order chi connectivity index (χ1) is 10.4. The Balaban J connectivity index is 1.84. The molecular weight excluding hydrogens is 278 g/mol. The van der Waals surface area contributed by atoms with E-state index in [9.17, 15) is 4.79 Å².